The summed E-state index contributed by atoms with van der Waals surface area (Å²) in [6.45, 7) is 0. The maximum absolute atomic E-state index is 14.7. The summed E-state index contributed by atoms with van der Waals surface area (Å²) in [5.74, 6) is 0. The maximum atomic E-state index is 14.7. The topological polar surface area (TPSA) is 80.0 Å². The zero-order valence-electron chi connectivity index (χ0n) is 30.6. The van der Waals surface area contributed by atoms with Crippen LogP contribution in [0.5, 0.6) is 0 Å². The first-order valence-electron chi connectivity index (χ1n) is 18.6. The monoisotopic (exact) mass is 752 g/mol. The fraction of sp³-hybridized carbons (Fsp3) is 0.0612. The summed E-state index contributed by atoms with van der Waals surface area (Å²) >= 11 is 0. The normalized spacial score (nSPS) is 11.9. The zero-order chi connectivity index (χ0) is 39.1. The van der Waals surface area contributed by atoms with Gasteiger partial charge >= 0.3 is 12.2 Å². The number of nitrogens with zero attached hydrogens (tertiary/aromatic N) is 1. The summed E-state index contributed by atoms with van der Waals surface area (Å²) in [5, 5.41) is 6.13. The predicted molar refractivity (Wildman–Crippen MR) is 224 cm³/mol. The van der Waals surface area contributed by atoms with E-state index in [4.69, 9.17) is 10.7 Å². The minimum absolute atomic E-state index is 0.131. The number of rotatable bonds is 7. The van der Waals surface area contributed by atoms with Crippen molar-refractivity contribution in [3.8, 4) is 44.6 Å². The molecule has 2 amide bonds. The van der Waals surface area contributed by atoms with Gasteiger partial charge in [0.25, 0.3) is 0 Å². The molecule has 0 fully saturated rings. The minimum atomic E-state index is -4.63. The number of anilines is 3. The van der Waals surface area contributed by atoms with E-state index in [0.717, 1.165) is 56.1 Å². The lowest BCUT2D eigenvalue weighted by molar-refractivity contribution is -0.136. The summed E-state index contributed by atoms with van der Waals surface area (Å²) in [6.07, 6.45) is -3.34. The van der Waals surface area contributed by atoms with Crippen LogP contribution < -0.4 is 16.4 Å². The second-order valence-corrected chi connectivity index (χ2v) is 14.3. The molecule has 0 atom stereocenters. The fourth-order valence-corrected chi connectivity index (χ4v) is 7.79. The van der Waals surface area contributed by atoms with Crippen LogP contribution in [0, 0.1) is 0 Å². The van der Waals surface area contributed by atoms with E-state index in [1.54, 1.807) is 24.3 Å². The Hall–Kier alpha value is -7.19. The Kier molecular flexibility index (Phi) is 9.01. The number of amides is 2. The van der Waals surface area contributed by atoms with Gasteiger partial charge in [-0.15, -0.1) is 0 Å². The van der Waals surface area contributed by atoms with Gasteiger partial charge in [-0.05, 0) is 123 Å². The number of nitrogens with one attached hydrogen (secondary N) is 2. The Morgan fingerprint density at radius 2 is 1.28 bits per heavy atom. The first-order valence-corrected chi connectivity index (χ1v) is 18.6. The standard InChI is InChI=1S/C49H35F3N4O/c50-49(51,52)45-15-7-14-40-41(34-11-6-12-38(27-34)55-48(57)54-37-22-18-33(19-23-37)32-16-20-36(53)21-17-32)29-46(56-47(40)45)44-26-31(24-30-8-2-1-3-9-30)25-42-39-13-5-4-10-35(39)28-43(42)44/h1-23,25-27,29H,24,28,53H2,(H2,54,55,57). The van der Waals surface area contributed by atoms with E-state index < -0.39 is 17.8 Å². The van der Waals surface area contributed by atoms with Crippen molar-refractivity contribution >= 4 is 34.0 Å². The van der Waals surface area contributed by atoms with Crippen LogP contribution in [0.15, 0.2) is 164 Å². The van der Waals surface area contributed by atoms with Gasteiger partial charge in [-0.2, -0.15) is 13.2 Å². The van der Waals surface area contributed by atoms with Crippen molar-refractivity contribution in [1.82, 2.24) is 4.98 Å². The van der Waals surface area contributed by atoms with Crippen molar-refractivity contribution in [1.29, 1.82) is 0 Å². The van der Waals surface area contributed by atoms with E-state index in [1.807, 2.05) is 91.0 Å². The summed E-state index contributed by atoms with van der Waals surface area (Å²) in [4.78, 5) is 18.1. The predicted octanol–water partition coefficient (Wildman–Crippen LogP) is 12.6. The van der Waals surface area contributed by atoms with Crippen molar-refractivity contribution in [3.05, 3.63) is 192 Å². The third kappa shape index (κ3) is 7.21. The van der Waals surface area contributed by atoms with Gasteiger partial charge in [-0.1, -0.05) is 109 Å². The summed E-state index contributed by atoms with van der Waals surface area (Å²) in [7, 11) is 0. The van der Waals surface area contributed by atoms with Gasteiger partial charge in [0.1, 0.15) is 0 Å². The van der Waals surface area contributed by atoms with Gasteiger partial charge in [-0.25, -0.2) is 9.78 Å². The van der Waals surface area contributed by atoms with Crippen LogP contribution in [-0.4, -0.2) is 11.0 Å². The smallest absolute Gasteiger partial charge is 0.399 e. The number of hydrogen-bond acceptors (Lipinski definition) is 3. The van der Waals surface area contributed by atoms with Crippen LogP contribution in [0.25, 0.3) is 55.5 Å². The Balaban J connectivity index is 1.10. The molecule has 0 saturated heterocycles. The number of nitrogen functional groups attached to an aromatic ring is 1. The maximum Gasteiger partial charge on any atom is 0.418 e. The van der Waals surface area contributed by atoms with Gasteiger partial charge in [-0.3, -0.25) is 0 Å². The quantitative estimate of drug-likeness (QED) is 0.142. The molecule has 1 heterocycles. The molecule has 8 heteroatoms. The number of nitrogens with two attached hydrogens (primary N) is 1. The lowest BCUT2D eigenvalue weighted by Gasteiger charge is -2.18. The molecule has 278 valence electrons. The van der Waals surface area contributed by atoms with Crippen molar-refractivity contribution in [2.75, 3.05) is 16.4 Å². The Labute approximate surface area is 327 Å². The summed E-state index contributed by atoms with van der Waals surface area (Å²) < 4.78 is 44.1. The molecule has 8 aromatic rings. The SMILES string of the molecule is Nc1ccc(-c2ccc(NC(=O)Nc3cccc(-c4cc(-c5cc(Cc6ccccc6)cc6c5Cc5ccccc5-6)nc5c(C(F)(F)F)cccc45)c3)cc2)cc1. The highest BCUT2D eigenvalue weighted by Crippen LogP contribution is 2.45. The molecule has 57 heavy (non-hydrogen) atoms. The first-order chi connectivity index (χ1) is 27.7. The van der Waals surface area contributed by atoms with Crippen LogP contribution in [0.4, 0.5) is 35.0 Å². The number of halogens is 3. The van der Waals surface area contributed by atoms with Crippen molar-refractivity contribution < 1.29 is 18.0 Å². The average molecular weight is 753 g/mol. The van der Waals surface area contributed by atoms with Gasteiger partial charge < -0.3 is 16.4 Å². The lowest BCUT2D eigenvalue weighted by Crippen LogP contribution is -2.19. The van der Waals surface area contributed by atoms with Crippen LogP contribution in [0.3, 0.4) is 0 Å². The number of carbonyl (C=O) groups excluding carboxylic acids is 1. The fourth-order valence-electron chi connectivity index (χ4n) is 7.79. The number of hydrogen-bond donors (Lipinski definition) is 3. The molecular weight excluding hydrogens is 718 g/mol. The number of aromatic nitrogens is 1. The van der Waals surface area contributed by atoms with Crippen molar-refractivity contribution in [2.24, 2.45) is 0 Å². The number of fused-ring (bicyclic) bond motifs is 4. The number of pyridine rings is 1. The minimum Gasteiger partial charge on any atom is -0.399 e. The van der Waals surface area contributed by atoms with Gasteiger partial charge in [0.05, 0.1) is 16.8 Å². The number of urea groups is 1. The second-order valence-electron chi connectivity index (χ2n) is 14.3. The summed E-state index contributed by atoms with van der Waals surface area (Å²) in [6, 6.07) is 50.4. The molecule has 1 aliphatic rings. The molecule has 0 spiro atoms. The third-order valence-electron chi connectivity index (χ3n) is 10.5. The third-order valence-corrected chi connectivity index (χ3v) is 10.5. The molecule has 0 radical (unpaired) electrons. The van der Waals surface area contributed by atoms with E-state index in [1.165, 1.54) is 6.07 Å². The zero-order valence-corrected chi connectivity index (χ0v) is 30.6. The second kappa shape index (κ2) is 14.5. The Morgan fingerprint density at radius 3 is 2.05 bits per heavy atom. The molecule has 5 nitrogen and oxygen atoms in total. The van der Waals surface area contributed by atoms with Crippen LogP contribution in [-0.2, 0) is 19.0 Å². The number of alkyl halides is 3. The molecule has 1 aromatic heterocycles. The largest absolute Gasteiger partial charge is 0.418 e. The molecule has 0 saturated carbocycles. The Morgan fingerprint density at radius 1 is 0.596 bits per heavy atom. The highest BCUT2D eigenvalue weighted by Gasteiger charge is 2.34. The highest BCUT2D eigenvalue weighted by molar-refractivity contribution is 6.02. The molecule has 4 N–H and O–H groups in total. The molecule has 1 aliphatic carbocycles. The van der Waals surface area contributed by atoms with E-state index in [-0.39, 0.29) is 5.52 Å². The van der Waals surface area contributed by atoms with Crippen LogP contribution in [0.1, 0.15) is 27.8 Å². The lowest BCUT2D eigenvalue weighted by atomic mass is 9.91. The van der Waals surface area contributed by atoms with Gasteiger partial charge in [0.15, 0.2) is 0 Å². The first kappa shape index (κ1) is 35.5. The molecule has 0 unspecified atom stereocenters. The van der Waals surface area contributed by atoms with Crippen molar-refractivity contribution in [3.63, 3.8) is 0 Å². The molecule has 0 aliphatic heterocycles. The molecule has 7 aromatic carbocycles. The molecule has 9 rings (SSSR count). The van der Waals surface area contributed by atoms with E-state index >= 15 is 0 Å². The van der Waals surface area contributed by atoms with E-state index in [2.05, 4.69) is 47.0 Å². The van der Waals surface area contributed by atoms with Gasteiger partial charge in [0, 0.05) is 28.0 Å². The number of para-hydroxylation sites is 1. The van der Waals surface area contributed by atoms with Crippen LogP contribution in [0.2, 0.25) is 0 Å². The summed E-state index contributed by atoms with van der Waals surface area (Å²) in [5.41, 5.74) is 17.6. The average Bonchev–Trinajstić information content (AvgIpc) is 3.59. The number of carbonyl (C=O) groups is 1. The van der Waals surface area contributed by atoms with E-state index in [9.17, 15) is 18.0 Å². The number of benzene rings is 7. The Bertz CT molecular complexity index is 2800. The van der Waals surface area contributed by atoms with E-state index in [0.29, 0.717) is 52.1 Å². The van der Waals surface area contributed by atoms with Crippen LogP contribution >= 0.6 is 0 Å². The van der Waals surface area contributed by atoms with Gasteiger partial charge in [0.2, 0.25) is 0 Å². The van der Waals surface area contributed by atoms with Crippen molar-refractivity contribution in [2.45, 2.75) is 19.0 Å². The molecular formula is C49H35F3N4O. The highest BCUT2D eigenvalue weighted by atomic mass is 19.4. The molecule has 0 bridgehead atoms.